The molecule has 0 bridgehead atoms. The molecule has 0 aliphatic carbocycles. The fraction of sp³-hybridized carbons (Fsp3) is 0.455. The van der Waals surface area contributed by atoms with Crippen molar-refractivity contribution in [1.29, 1.82) is 0 Å². The summed E-state index contributed by atoms with van der Waals surface area (Å²) < 4.78 is 21.7. The summed E-state index contributed by atoms with van der Waals surface area (Å²) in [5.41, 5.74) is 4.15. The molecule has 160 valence electrons. The van der Waals surface area contributed by atoms with Gasteiger partial charge in [-0.2, -0.15) is 0 Å². The molecule has 2 aliphatic heterocycles. The van der Waals surface area contributed by atoms with E-state index in [1.807, 2.05) is 13.1 Å². The number of ether oxygens (including phenoxy) is 4. The lowest BCUT2D eigenvalue weighted by molar-refractivity contribution is 0.0599. The fourth-order valence-electron chi connectivity index (χ4n) is 4.50. The summed E-state index contributed by atoms with van der Waals surface area (Å²) in [4.78, 5) is 30.6. The Morgan fingerprint density at radius 3 is 2.73 bits per heavy atom. The standard InChI is InChI=1S/C22H26N2O6/c1-11-17(22(26)28-5)12(2)23-19(11)15(25)9-14-18-13(6-7-24(14)3)8-16-20(21(18)27-4)30-10-29-16/h8,14,23H,6-7,9-10H2,1-5H3. The van der Waals surface area contributed by atoms with Crippen LogP contribution in [0.25, 0.3) is 0 Å². The first kappa shape index (κ1) is 20.3. The first-order valence-corrected chi connectivity index (χ1v) is 9.87. The Kier molecular flexibility index (Phi) is 5.19. The summed E-state index contributed by atoms with van der Waals surface area (Å²) >= 11 is 0. The van der Waals surface area contributed by atoms with Crippen molar-refractivity contribution < 1.29 is 28.5 Å². The molecular formula is C22H26N2O6. The first-order valence-electron chi connectivity index (χ1n) is 9.87. The topological polar surface area (TPSA) is 90.1 Å². The number of aryl methyl sites for hydroxylation is 1. The minimum Gasteiger partial charge on any atom is -0.492 e. The minimum absolute atomic E-state index is 0.0739. The maximum absolute atomic E-state index is 13.3. The van der Waals surface area contributed by atoms with Crippen molar-refractivity contribution in [3.63, 3.8) is 0 Å². The number of hydrogen-bond donors (Lipinski definition) is 1. The van der Waals surface area contributed by atoms with Crippen LogP contribution in [-0.2, 0) is 11.2 Å². The SMILES string of the molecule is COC(=O)c1c(C)[nH]c(C(=O)CC2c3c(cc4c(c3OC)OCO4)CCN2C)c1C. The highest BCUT2D eigenvalue weighted by atomic mass is 16.7. The lowest BCUT2D eigenvalue weighted by Gasteiger charge is -2.35. The van der Waals surface area contributed by atoms with Crippen LogP contribution in [0.15, 0.2) is 6.07 Å². The Morgan fingerprint density at radius 1 is 1.27 bits per heavy atom. The van der Waals surface area contributed by atoms with Gasteiger partial charge < -0.3 is 23.9 Å². The second-order valence-electron chi connectivity index (χ2n) is 7.71. The van der Waals surface area contributed by atoms with Crippen molar-refractivity contribution in [2.24, 2.45) is 0 Å². The van der Waals surface area contributed by atoms with Crippen LogP contribution in [0, 0.1) is 13.8 Å². The van der Waals surface area contributed by atoms with Crippen LogP contribution < -0.4 is 14.2 Å². The maximum Gasteiger partial charge on any atom is 0.339 e. The van der Waals surface area contributed by atoms with Crippen LogP contribution >= 0.6 is 0 Å². The highest BCUT2D eigenvalue weighted by Crippen LogP contribution is 2.50. The molecule has 4 rings (SSSR count). The fourth-order valence-corrected chi connectivity index (χ4v) is 4.50. The second kappa shape index (κ2) is 7.68. The van der Waals surface area contributed by atoms with Crippen molar-refractivity contribution in [1.82, 2.24) is 9.88 Å². The zero-order valence-corrected chi connectivity index (χ0v) is 17.9. The van der Waals surface area contributed by atoms with Crippen molar-refractivity contribution in [2.75, 3.05) is 34.6 Å². The Bertz CT molecular complexity index is 1030. The average molecular weight is 414 g/mol. The number of Topliss-reactive ketones (excluding diaryl/α,β-unsaturated/α-hetero) is 1. The van der Waals surface area contributed by atoms with Gasteiger partial charge in [0.1, 0.15) is 0 Å². The summed E-state index contributed by atoms with van der Waals surface area (Å²) in [6.45, 7) is 4.50. The Morgan fingerprint density at radius 2 is 2.03 bits per heavy atom. The van der Waals surface area contributed by atoms with Crippen LogP contribution in [0.5, 0.6) is 17.2 Å². The van der Waals surface area contributed by atoms with E-state index in [1.165, 1.54) is 7.11 Å². The molecule has 1 atom stereocenters. The van der Waals surface area contributed by atoms with E-state index in [2.05, 4.69) is 9.88 Å². The molecule has 2 aliphatic rings. The number of carbonyl (C=O) groups is 2. The van der Waals surface area contributed by atoms with Crippen molar-refractivity contribution in [3.05, 3.63) is 39.7 Å². The monoisotopic (exact) mass is 414 g/mol. The number of aromatic nitrogens is 1. The number of nitrogens with zero attached hydrogens (tertiary/aromatic N) is 1. The highest BCUT2D eigenvalue weighted by molar-refractivity contribution is 6.01. The van der Waals surface area contributed by atoms with Gasteiger partial charge in [0.25, 0.3) is 0 Å². The summed E-state index contributed by atoms with van der Waals surface area (Å²) in [5.74, 6) is 1.37. The lowest BCUT2D eigenvalue weighted by Crippen LogP contribution is -2.34. The van der Waals surface area contributed by atoms with E-state index in [-0.39, 0.29) is 25.0 Å². The molecule has 8 heteroatoms. The highest BCUT2D eigenvalue weighted by Gasteiger charge is 2.36. The summed E-state index contributed by atoms with van der Waals surface area (Å²) in [6.07, 6.45) is 1.07. The van der Waals surface area contributed by atoms with Gasteiger partial charge in [-0.3, -0.25) is 9.69 Å². The van der Waals surface area contributed by atoms with Crippen LogP contribution in [0.2, 0.25) is 0 Å². The van der Waals surface area contributed by atoms with Crippen molar-refractivity contribution in [2.45, 2.75) is 32.7 Å². The van der Waals surface area contributed by atoms with Gasteiger partial charge in [-0.25, -0.2) is 4.79 Å². The van der Waals surface area contributed by atoms with E-state index < -0.39 is 5.97 Å². The number of H-pyrrole nitrogens is 1. The number of rotatable bonds is 5. The molecule has 0 saturated heterocycles. The number of hydrogen-bond acceptors (Lipinski definition) is 7. The molecule has 0 amide bonds. The molecule has 1 N–H and O–H groups in total. The Balaban J connectivity index is 1.72. The van der Waals surface area contributed by atoms with Gasteiger partial charge in [0.05, 0.1) is 25.5 Å². The Hall–Kier alpha value is -3.00. The molecule has 0 fully saturated rings. The largest absolute Gasteiger partial charge is 0.492 e. The third-order valence-electron chi connectivity index (χ3n) is 6.03. The second-order valence-corrected chi connectivity index (χ2v) is 7.71. The van der Waals surface area contributed by atoms with E-state index in [0.717, 1.165) is 24.1 Å². The third-order valence-corrected chi connectivity index (χ3v) is 6.03. The zero-order valence-electron chi connectivity index (χ0n) is 17.9. The molecule has 1 aromatic heterocycles. The molecule has 3 heterocycles. The number of fused-ring (bicyclic) bond motifs is 2. The Labute approximate surface area is 175 Å². The van der Waals surface area contributed by atoms with E-state index in [1.54, 1.807) is 21.0 Å². The van der Waals surface area contributed by atoms with Crippen LogP contribution in [0.1, 0.15) is 55.7 Å². The summed E-state index contributed by atoms with van der Waals surface area (Å²) in [7, 11) is 4.93. The van der Waals surface area contributed by atoms with E-state index >= 15 is 0 Å². The smallest absolute Gasteiger partial charge is 0.339 e. The normalized spacial score (nSPS) is 17.6. The quantitative estimate of drug-likeness (QED) is 0.594. The number of ketones is 1. The minimum atomic E-state index is -0.449. The number of carbonyl (C=O) groups excluding carboxylic acids is 2. The van der Waals surface area contributed by atoms with Crippen LogP contribution in [0.4, 0.5) is 0 Å². The summed E-state index contributed by atoms with van der Waals surface area (Å²) in [6, 6.07) is 1.81. The van der Waals surface area contributed by atoms with Gasteiger partial charge in [-0.15, -0.1) is 0 Å². The molecule has 1 aromatic carbocycles. The van der Waals surface area contributed by atoms with Gasteiger partial charge in [-0.1, -0.05) is 0 Å². The molecule has 0 spiro atoms. The van der Waals surface area contributed by atoms with Gasteiger partial charge in [0.2, 0.25) is 12.5 Å². The molecule has 0 radical (unpaired) electrons. The average Bonchev–Trinajstić information content (AvgIpc) is 3.31. The van der Waals surface area contributed by atoms with Crippen LogP contribution in [0.3, 0.4) is 0 Å². The number of methoxy groups -OCH3 is 2. The maximum atomic E-state index is 13.3. The number of nitrogens with one attached hydrogen (secondary N) is 1. The molecule has 30 heavy (non-hydrogen) atoms. The van der Waals surface area contributed by atoms with Gasteiger partial charge in [0.15, 0.2) is 17.3 Å². The predicted octanol–water partition coefficient (Wildman–Crippen LogP) is 2.96. The van der Waals surface area contributed by atoms with Gasteiger partial charge in [-0.05, 0) is 44.5 Å². The number of benzene rings is 1. The molecule has 8 nitrogen and oxygen atoms in total. The first-order chi connectivity index (χ1) is 14.4. The third kappa shape index (κ3) is 3.11. The van der Waals surface area contributed by atoms with Gasteiger partial charge >= 0.3 is 5.97 Å². The van der Waals surface area contributed by atoms with Crippen LogP contribution in [-0.4, -0.2) is 56.2 Å². The van der Waals surface area contributed by atoms with Crippen molar-refractivity contribution >= 4 is 11.8 Å². The van der Waals surface area contributed by atoms with E-state index in [0.29, 0.717) is 39.8 Å². The van der Waals surface area contributed by atoms with Gasteiger partial charge in [0, 0.05) is 30.3 Å². The number of aromatic amines is 1. The molecule has 0 saturated carbocycles. The predicted molar refractivity (Wildman–Crippen MR) is 109 cm³/mol. The lowest BCUT2D eigenvalue weighted by atomic mass is 9.87. The summed E-state index contributed by atoms with van der Waals surface area (Å²) in [5, 5.41) is 0. The molecule has 2 aromatic rings. The van der Waals surface area contributed by atoms with E-state index in [9.17, 15) is 9.59 Å². The molecular weight excluding hydrogens is 388 g/mol. The van der Waals surface area contributed by atoms with Crippen molar-refractivity contribution in [3.8, 4) is 17.2 Å². The van der Waals surface area contributed by atoms with E-state index in [4.69, 9.17) is 18.9 Å². The molecule has 1 unspecified atom stereocenters. The number of likely N-dealkylation sites (N-methyl/N-ethyl adjacent to an activating group) is 1. The number of esters is 1. The zero-order chi connectivity index (χ0) is 21.6.